The van der Waals surface area contributed by atoms with Crippen molar-refractivity contribution in [1.82, 2.24) is 0 Å². The average Bonchev–Trinajstić information content (AvgIpc) is 2.47. The highest BCUT2D eigenvalue weighted by Crippen LogP contribution is 2.11. The third-order valence-corrected chi connectivity index (χ3v) is 2.56. The Balaban J connectivity index is 2.58. The molecular weight excluding hydrogens is 272 g/mol. The Morgan fingerprint density at radius 2 is 2.00 bits per heavy atom. The maximum atomic E-state index is 11.7. The zero-order valence-corrected chi connectivity index (χ0v) is 12.2. The van der Waals surface area contributed by atoms with Gasteiger partial charge in [0.15, 0.2) is 0 Å². The van der Waals surface area contributed by atoms with Gasteiger partial charge in [-0.05, 0) is 30.7 Å². The van der Waals surface area contributed by atoms with Crippen LogP contribution in [0.15, 0.2) is 30.3 Å². The lowest BCUT2D eigenvalue weighted by Crippen LogP contribution is -2.39. The molecule has 0 bridgehead atoms. The molecule has 0 spiro atoms. The van der Waals surface area contributed by atoms with Crippen molar-refractivity contribution in [3.63, 3.8) is 0 Å². The zero-order chi connectivity index (χ0) is 15.7. The first-order valence-corrected chi connectivity index (χ1v) is 6.57. The van der Waals surface area contributed by atoms with Crippen molar-refractivity contribution in [2.24, 2.45) is 5.73 Å². The normalized spacial score (nSPS) is 12.1. The molecule has 0 saturated heterocycles. The number of methoxy groups -OCH3 is 1. The lowest BCUT2D eigenvalue weighted by Gasteiger charge is -2.11. The summed E-state index contributed by atoms with van der Waals surface area (Å²) >= 11 is 0. The Bertz CT molecular complexity index is 497. The van der Waals surface area contributed by atoms with E-state index in [4.69, 9.17) is 15.2 Å². The van der Waals surface area contributed by atoms with E-state index in [0.29, 0.717) is 12.3 Å². The molecule has 1 atom stereocenters. The SMILES string of the molecule is CCOC(=O)/C=C/c1ccc(NC(=O)C(N)COC)cc1. The van der Waals surface area contributed by atoms with Crippen LogP contribution in [0, 0.1) is 0 Å². The standard InChI is InChI=1S/C15H20N2O4/c1-3-21-14(18)9-6-11-4-7-12(8-5-11)17-15(19)13(16)10-20-2/h4-9,13H,3,10,16H2,1-2H3,(H,17,19)/b9-6+. The number of ether oxygens (including phenoxy) is 2. The minimum absolute atomic E-state index is 0.159. The highest BCUT2D eigenvalue weighted by molar-refractivity contribution is 5.95. The van der Waals surface area contributed by atoms with Crippen LogP contribution >= 0.6 is 0 Å². The molecule has 1 aromatic carbocycles. The molecule has 0 radical (unpaired) electrons. The van der Waals surface area contributed by atoms with Crippen LogP contribution in [0.3, 0.4) is 0 Å². The summed E-state index contributed by atoms with van der Waals surface area (Å²) in [6, 6.07) is 6.28. The van der Waals surface area contributed by atoms with E-state index in [9.17, 15) is 9.59 Å². The molecule has 0 saturated carbocycles. The Kier molecular flexibility index (Phi) is 7.14. The maximum absolute atomic E-state index is 11.7. The van der Waals surface area contributed by atoms with Crippen molar-refractivity contribution in [2.45, 2.75) is 13.0 Å². The molecule has 1 unspecified atom stereocenters. The number of carbonyl (C=O) groups is 2. The lowest BCUT2D eigenvalue weighted by atomic mass is 10.2. The van der Waals surface area contributed by atoms with Gasteiger partial charge in [-0.1, -0.05) is 12.1 Å². The van der Waals surface area contributed by atoms with Crippen LogP contribution < -0.4 is 11.1 Å². The first-order chi connectivity index (χ1) is 10.1. The fraction of sp³-hybridized carbons (Fsp3) is 0.333. The molecule has 0 aromatic heterocycles. The second kappa shape index (κ2) is 8.89. The van der Waals surface area contributed by atoms with Gasteiger partial charge >= 0.3 is 5.97 Å². The molecule has 6 nitrogen and oxygen atoms in total. The number of amides is 1. The number of carbonyl (C=O) groups excluding carboxylic acids is 2. The molecule has 3 N–H and O–H groups in total. The van der Waals surface area contributed by atoms with Gasteiger partial charge in [0.1, 0.15) is 6.04 Å². The number of hydrogen-bond acceptors (Lipinski definition) is 5. The van der Waals surface area contributed by atoms with E-state index in [1.807, 2.05) is 0 Å². The predicted octanol–water partition coefficient (Wildman–Crippen LogP) is 1.18. The minimum Gasteiger partial charge on any atom is -0.463 e. The van der Waals surface area contributed by atoms with Crippen LogP contribution in [0.4, 0.5) is 5.69 Å². The van der Waals surface area contributed by atoms with Crippen molar-refractivity contribution < 1.29 is 19.1 Å². The Morgan fingerprint density at radius 1 is 1.33 bits per heavy atom. The van der Waals surface area contributed by atoms with Gasteiger partial charge in [0.05, 0.1) is 13.2 Å². The highest BCUT2D eigenvalue weighted by atomic mass is 16.5. The number of hydrogen-bond donors (Lipinski definition) is 2. The van der Waals surface area contributed by atoms with Crippen molar-refractivity contribution in [2.75, 3.05) is 25.6 Å². The molecule has 0 aliphatic heterocycles. The van der Waals surface area contributed by atoms with E-state index < -0.39 is 6.04 Å². The lowest BCUT2D eigenvalue weighted by molar-refractivity contribution is -0.137. The van der Waals surface area contributed by atoms with Crippen molar-refractivity contribution >= 4 is 23.6 Å². The first-order valence-electron chi connectivity index (χ1n) is 6.57. The monoisotopic (exact) mass is 292 g/mol. The van der Waals surface area contributed by atoms with Crippen LogP contribution in [-0.4, -0.2) is 38.2 Å². The topological polar surface area (TPSA) is 90.7 Å². The van der Waals surface area contributed by atoms with Gasteiger partial charge in [-0.25, -0.2) is 4.79 Å². The summed E-state index contributed by atoms with van der Waals surface area (Å²) < 4.78 is 9.60. The van der Waals surface area contributed by atoms with E-state index in [1.54, 1.807) is 37.3 Å². The van der Waals surface area contributed by atoms with Crippen molar-refractivity contribution in [3.05, 3.63) is 35.9 Å². The minimum atomic E-state index is -0.710. The third-order valence-electron chi connectivity index (χ3n) is 2.56. The Morgan fingerprint density at radius 3 is 2.57 bits per heavy atom. The zero-order valence-electron chi connectivity index (χ0n) is 12.2. The molecule has 1 aromatic rings. The third kappa shape index (κ3) is 6.20. The summed E-state index contributed by atoms with van der Waals surface area (Å²) in [5.74, 6) is -0.702. The number of nitrogens with one attached hydrogen (secondary N) is 1. The fourth-order valence-electron chi connectivity index (χ4n) is 1.52. The van der Waals surface area contributed by atoms with E-state index >= 15 is 0 Å². The largest absolute Gasteiger partial charge is 0.463 e. The van der Waals surface area contributed by atoms with Gasteiger partial charge in [-0.3, -0.25) is 4.79 Å². The van der Waals surface area contributed by atoms with Gasteiger partial charge in [-0.2, -0.15) is 0 Å². The molecule has 6 heteroatoms. The van der Waals surface area contributed by atoms with Crippen LogP contribution in [0.1, 0.15) is 12.5 Å². The number of anilines is 1. The summed E-state index contributed by atoms with van der Waals surface area (Å²) in [7, 11) is 1.48. The van der Waals surface area contributed by atoms with Gasteiger partial charge in [-0.15, -0.1) is 0 Å². The van der Waals surface area contributed by atoms with E-state index in [0.717, 1.165) is 5.56 Å². The number of benzene rings is 1. The Hall–Kier alpha value is -2.18. The highest BCUT2D eigenvalue weighted by Gasteiger charge is 2.12. The van der Waals surface area contributed by atoms with Crippen molar-refractivity contribution in [3.8, 4) is 0 Å². The van der Waals surface area contributed by atoms with E-state index in [2.05, 4.69) is 5.32 Å². The molecular formula is C15H20N2O4. The smallest absolute Gasteiger partial charge is 0.330 e. The van der Waals surface area contributed by atoms with Crippen LogP contribution in [0.5, 0.6) is 0 Å². The molecule has 114 valence electrons. The fourth-order valence-corrected chi connectivity index (χ4v) is 1.52. The van der Waals surface area contributed by atoms with E-state index in [-0.39, 0.29) is 18.5 Å². The second-order valence-electron chi connectivity index (χ2n) is 4.26. The van der Waals surface area contributed by atoms with Gasteiger partial charge in [0, 0.05) is 18.9 Å². The van der Waals surface area contributed by atoms with Gasteiger partial charge in [0.25, 0.3) is 0 Å². The number of nitrogens with two attached hydrogens (primary N) is 1. The van der Waals surface area contributed by atoms with Crippen LogP contribution in [0.2, 0.25) is 0 Å². The maximum Gasteiger partial charge on any atom is 0.330 e. The predicted molar refractivity (Wildman–Crippen MR) is 80.6 cm³/mol. The summed E-state index contributed by atoms with van der Waals surface area (Å²) in [6.07, 6.45) is 2.99. The van der Waals surface area contributed by atoms with Gasteiger partial charge < -0.3 is 20.5 Å². The first kappa shape index (κ1) is 16.9. The second-order valence-corrected chi connectivity index (χ2v) is 4.26. The molecule has 1 amide bonds. The van der Waals surface area contributed by atoms with Crippen molar-refractivity contribution in [1.29, 1.82) is 0 Å². The molecule has 0 fully saturated rings. The quantitative estimate of drug-likeness (QED) is 0.581. The Labute approximate surface area is 123 Å². The van der Waals surface area contributed by atoms with Gasteiger partial charge in [0.2, 0.25) is 5.91 Å². The molecule has 1 rings (SSSR count). The molecule has 21 heavy (non-hydrogen) atoms. The van der Waals surface area contributed by atoms with Crippen LogP contribution in [0.25, 0.3) is 6.08 Å². The summed E-state index contributed by atoms with van der Waals surface area (Å²) in [6.45, 7) is 2.25. The summed E-state index contributed by atoms with van der Waals surface area (Å²) in [5, 5.41) is 2.68. The number of esters is 1. The van der Waals surface area contributed by atoms with E-state index in [1.165, 1.54) is 13.2 Å². The number of rotatable bonds is 7. The molecule has 0 aliphatic rings. The molecule has 0 aliphatic carbocycles. The van der Waals surface area contributed by atoms with Crippen LogP contribution in [-0.2, 0) is 19.1 Å². The molecule has 0 heterocycles. The summed E-state index contributed by atoms with van der Waals surface area (Å²) in [5.41, 5.74) is 7.06. The average molecular weight is 292 g/mol. The summed E-state index contributed by atoms with van der Waals surface area (Å²) in [4.78, 5) is 22.9.